The SMILES string of the molecule is COc1ccccc1NC(=O)CN=CCC(C)(C)C. The third-order valence-corrected chi connectivity index (χ3v) is 2.45. The maximum absolute atomic E-state index is 11.7. The fraction of sp³-hybridized carbons (Fsp3) is 0.467. The molecule has 4 heteroatoms. The molecule has 0 heterocycles. The fourth-order valence-corrected chi connectivity index (χ4v) is 1.42. The van der Waals surface area contributed by atoms with E-state index in [9.17, 15) is 4.79 Å². The monoisotopic (exact) mass is 262 g/mol. The molecule has 4 nitrogen and oxygen atoms in total. The van der Waals surface area contributed by atoms with Crippen LogP contribution < -0.4 is 10.1 Å². The highest BCUT2D eigenvalue weighted by molar-refractivity contribution is 5.94. The summed E-state index contributed by atoms with van der Waals surface area (Å²) in [6, 6.07) is 7.31. The van der Waals surface area contributed by atoms with E-state index in [2.05, 4.69) is 31.1 Å². The van der Waals surface area contributed by atoms with Gasteiger partial charge in [0.2, 0.25) is 5.91 Å². The average Bonchev–Trinajstić information content (AvgIpc) is 2.34. The number of hydrogen-bond acceptors (Lipinski definition) is 3. The molecule has 0 aliphatic rings. The molecule has 1 N–H and O–H groups in total. The quantitative estimate of drug-likeness (QED) is 0.829. The van der Waals surface area contributed by atoms with Crippen LogP contribution in [0.25, 0.3) is 0 Å². The van der Waals surface area contributed by atoms with E-state index in [0.717, 1.165) is 6.42 Å². The molecule has 104 valence electrons. The number of para-hydroxylation sites is 2. The number of ether oxygens (including phenoxy) is 1. The number of aliphatic imine (C=N–C) groups is 1. The van der Waals surface area contributed by atoms with Crippen LogP contribution in [0.3, 0.4) is 0 Å². The van der Waals surface area contributed by atoms with Crippen LogP contribution in [0.15, 0.2) is 29.3 Å². The van der Waals surface area contributed by atoms with Crippen LogP contribution >= 0.6 is 0 Å². The number of amides is 1. The summed E-state index contributed by atoms with van der Waals surface area (Å²) in [5.74, 6) is 0.504. The molecule has 0 aliphatic carbocycles. The number of carbonyl (C=O) groups excluding carboxylic acids is 1. The van der Waals surface area contributed by atoms with Crippen molar-refractivity contribution in [1.82, 2.24) is 0 Å². The molecule has 0 bridgehead atoms. The second-order valence-electron chi connectivity index (χ2n) is 5.54. The maximum atomic E-state index is 11.7. The molecule has 1 aromatic rings. The highest BCUT2D eigenvalue weighted by atomic mass is 16.5. The number of nitrogens with zero attached hydrogens (tertiary/aromatic N) is 1. The van der Waals surface area contributed by atoms with Gasteiger partial charge in [-0.2, -0.15) is 0 Å². The van der Waals surface area contributed by atoms with Crippen molar-refractivity contribution in [3.8, 4) is 5.75 Å². The molecule has 0 atom stereocenters. The predicted molar refractivity (Wildman–Crippen MR) is 79.1 cm³/mol. The van der Waals surface area contributed by atoms with Crippen molar-refractivity contribution in [2.24, 2.45) is 10.4 Å². The van der Waals surface area contributed by atoms with Crippen LogP contribution in [0.5, 0.6) is 5.75 Å². The first kappa shape index (κ1) is 15.2. The number of methoxy groups -OCH3 is 1. The molecule has 0 fully saturated rings. The lowest BCUT2D eigenvalue weighted by Crippen LogP contribution is -2.15. The summed E-state index contributed by atoms with van der Waals surface area (Å²) in [6.07, 6.45) is 2.66. The fourth-order valence-electron chi connectivity index (χ4n) is 1.42. The lowest BCUT2D eigenvalue weighted by Gasteiger charge is -2.13. The third kappa shape index (κ3) is 6.04. The maximum Gasteiger partial charge on any atom is 0.246 e. The van der Waals surface area contributed by atoms with Crippen molar-refractivity contribution in [2.45, 2.75) is 27.2 Å². The normalized spacial score (nSPS) is 11.6. The minimum atomic E-state index is -0.144. The molecule has 0 saturated heterocycles. The summed E-state index contributed by atoms with van der Waals surface area (Å²) in [5.41, 5.74) is 0.865. The lowest BCUT2D eigenvalue weighted by atomic mass is 9.93. The van der Waals surface area contributed by atoms with Gasteiger partial charge >= 0.3 is 0 Å². The first-order valence-electron chi connectivity index (χ1n) is 6.33. The molecule has 0 radical (unpaired) electrons. The zero-order valence-electron chi connectivity index (χ0n) is 12.1. The lowest BCUT2D eigenvalue weighted by molar-refractivity contribution is -0.114. The van der Waals surface area contributed by atoms with E-state index in [1.54, 1.807) is 19.2 Å². The Morgan fingerprint density at radius 3 is 2.68 bits per heavy atom. The van der Waals surface area contributed by atoms with Gasteiger partial charge in [-0.15, -0.1) is 0 Å². The number of nitrogens with one attached hydrogen (secondary N) is 1. The highest BCUT2D eigenvalue weighted by Crippen LogP contribution is 2.22. The predicted octanol–water partition coefficient (Wildman–Crippen LogP) is 3.14. The van der Waals surface area contributed by atoms with Gasteiger partial charge in [0.05, 0.1) is 12.8 Å². The molecule has 0 spiro atoms. The van der Waals surface area contributed by atoms with E-state index in [1.807, 2.05) is 18.3 Å². The smallest absolute Gasteiger partial charge is 0.246 e. The highest BCUT2D eigenvalue weighted by Gasteiger charge is 2.08. The Balaban J connectivity index is 2.47. The average molecular weight is 262 g/mol. The van der Waals surface area contributed by atoms with Crippen molar-refractivity contribution < 1.29 is 9.53 Å². The second-order valence-corrected chi connectivity index (χ2v) is 5.54. The van der Waals surface area contributed by atoms with E-state index in [0.29, 0.717) is 11.4 Å². The van der Waals surface area contributed by atoms with Gasteiger partial charge in [-0.05, 0) is 30.2 Å². The van der Waals surface area contributed by atoms with Crippen LogP contribution in [-0.2, 0) is 4.79 Å². The standard InChI is InChI=1S/C15H22N2O2/c1-15(2,3)9-10-16-11-14(18)17-12-7-5-6-8-13(12)19-4/h5-8,10H,9,11H2,1-4H3,(H,17,18). The van der Waals surface area contributed by atoms with Gasteiger partial charge in [0.25, 0.3) is 0 Å². The van der Waals surface area contributed by atoms with Crippen LogP contribution in [0.2, 0.25) is 0 Å². The van der Waals surface area contributed by atoms with E-state index in [4.69, 9.17) is 4.74 Å². The van der Waals surface area contributed by atoms with Crippen LogP contribution in [0, 0.1) is 5.41 Å². The summed E-state index contributed by atoms with van der Waals surface area (Å²) in [5, 5.41) is 2.78. The Hall–Kier alpha value is -1.84. The van der Waals surface area contributed by atoms with Gasteiger partial charge in [-0.3, -0.25) is 9.79 Å². The molecule has 0 unspecified atom stereocenters. The minimum absolute atomic E-state index is 0.133. The van der Waals surface area contributed by atoms with Crippen molar-refractivity contribution in [3.63, 3.8) is 0 Å². The van der Waals surface area contributed by atoms with E-state index >= 15 is 0 Å². The van der Waals surface area contributed by atoms with E-state index < -0.39 is 0 Å². The topological polar surface area (TPSA) is 50.7 Å². The van der Waals surface area contributed by atoms with Gasteiger partial charge in [-0.25, -0.2) is 0 Å². The Kier molecular flexibility index (Phi) is 5.55. The summed E-state index contributed by atoms with van der Waals surface area (Å²) >= 11 is 0. The van der Waals surface area contributed by atoms with E-state index in [-0.39, 0.29) is 17.9 Å². The zero-order chi connectivity index (χ0) is 14.3. The molecule has 1 amide bonds. The Morgan fingerprint density at radius 1 is 1.37 bits per heavy atom. The first-order chi connectivity index (χ1) is 8.92. The number of benzene rings is 1. The first-order valence-corrected chi connectivity index (χ1v) is 6.33. The number of anilines is 1. The molecule has 1 aromatic carbocycles. The molecule has 1 rings (SSSR count). The number of carbonyl (C=O) groups is 1. The molecule has 0 saturated carbocycles. The van der Waals surface area contributed by atoms with Crippen molar-refractivity contribution in [3.05, 3.63) is 24.3 Å². The summed E-state index contributed by atoms with van der Waals surface area (Å²) in [6.45, 7) is 6.53. The van der Waals surface area contributed by atoms with Crippen molar-refractivity contribution >= 4 is 17.8 Å². The van der Waals surface area contributed by atoms with Gasteiger partial charge in [-0.1, -0.05) is 32.9 Å². The minimum Gasteiger partial charge on any atom is -0.495 e. The molecular weight excluding hydrogens is 240 g/mol. The summed E-state index contributed by atoms with van der Waals surface area (Å²) in [7, 11) is 1.58. The van der Waals surface area contributed by atoms with Gasteiger partial charge in [0.1, 0.15) is 12.3 Å². The Bertz CT molecular complexity index is 448. The zero-order valence-corrected chi connectivity index (χ0v) is 12.1. The molecular formula is C15H22N2O2. The summed E-state index contributed by atoms with van der Waals surface area (Å²) < 4.78 is 5.16. The third-order valence-electron chi connectivity index (χ3n) is 2.45. The van der Waals surface area contributed by atoms with Crippen molar-refractivity contribution in [2.75, 3.05) is 19.0 Å². The van der Waals surface area contributed by atoms with Gasteiger partial charge in [0, 0.05) is 0 Å². The molecule has 19 heavy (non-hydrogen) atoms. The van der Waals surface area contributed by atoms with Crippen LogP contribution in [0.4, 0.5) is 5.69 Å². The van der Waals surface area contributed by atoms with Gasteiger partial charge < -0.3 is 10.1 Å². The van der Waals surface area contributed by atoms with E-state index in [1.165, 1.54) is 0 Å². The van der Waals surface area contributed by atoms with Crippen molar-refractivity contribution in [1.29, 1.82) is 0 Å². The Morgan fingerprint density at radius 2 is 2.05 bits per heavy atom. The summed E-state index contributed by atoms with van der Waals surface area (Å²) in [4.78, 5) is 15.9. The molecule has 0 aliphatic heterocycles. The van der Waals surface area contributed by atoms with Crippen LogP contribution in [-0.4, -0.2) is 25.8 Å². The second kappa shape index (κ2) is 6.92. The Labute approximate surface area is 114 Å². The van der Waals surface area contributed by atoms with Gasteiger partial charge in [0.15, 0.2) is 0 Å². The number of rotatable bonds is 5. The largest absolute Gasteiger partial charge is 0.495 e. The molecule has 0 aromatic heterocycles. The van der Waals surface area contributed by atoms with Crippen LogP contribution in [0.1, 0.15) is 27.2 Å². The number of hydrogen-bond donors (Lipinski definition) is 1.